The third-order valence-corrected chi connectivity index (χ3v) is 4.79. The van der Waals surface area contributed by atoms with E-state index in [-0.39, 0.29) is 5.92 Å². The minimum Gasteiger partial charge on any atom is -0.342 e. The average Bonchev–Trinajstić information content (AvgIpc) is 2.37. The topological polar surface area (TPSA) is 46.3 Å². The van der Waals surface area contributed by atoms with E-state index < -0.39 is 0 Å². The van der Waals surface area contributed by atoms with Crippen LogP contribution in [0.15, 0.2) is 0 Å². The quantitative estimate of drug-likeness (QED) is 0.779. The van der Waals surface area contributed by atoms with Crippen molar-refractivity contribution in [1.29, 1.82) is 0 Å². The first-order chi connectivity index (χ1) is 9.81. The van der Waals surface area contributed by atoms with Gasteiger partial charge in [0.15, 0.2) is 0 Å². The first-order valence-corrected chi connectivity index (χ1v) is 8.85. The van der Waals surface area contributed by atoms with Gasteiger partial charge in [0, 0.05) is 25.0 Å². The third kappa shape index (κ3) is 6.37. The maximum absolute atomic E-state index is 12.9. The van der Waals surface area contributed by atoms with Crippen molar-refractivity contribution in [2.24, 2.45) is 29.4 Å². The van der Waals surface area contributed by atoms with Gasteiger partial charge in [-0.3, -0.25) is 4.79 Å². The van der Waals surface area contributed by atoms with Gasteiger partial charge in [0.1, 0.15) is 0 Å². The van der Waals surface area contributed by atoms with Crippen LogP contribution in [0, 0.1) is 23.7 Å². The fraction of sp³-hybridized carbons (Fsp3) is 0.944. The number of hydrogen-bond donors (Lipinski definition) is 1. The number of amides is 1. The molecular weight excluding hydrogens is 260 g/mol. The summed E-state index contributed by atoms with van der Waals surface area (Å²) in [7, 11) is 0. The minimum atomic E-state index is 0.198. The molecule has 0 saturated heterocycles. The molecule has 3 nitrogen and oxygen atoms in total. The first kappa shape index (κ1) is 18.5. The Kier molecular flexibility index (Phi) is 7.72. The van der Waals surface area contributed by atoms with E-state index in [0.717, 1.165) is 45.2 Å². The average molecular weight is 296 g/mol. The maximum Gasteiger partial charge on any atom is 0.225 e. The zero-order valence-electron chi connectivity index (χ0n) is 14.8. The fourth-order valence-electron chi connectivity index (χ4n) is 3.20. The van der Waals surface area contributed by atoms with Crippen LogP contribution in [-0.2, 0) is 4.79 Å². The molecule has 0 bridgehead atoms. The van der Waals surface area contributed by atoms with E-state index in [9.17, 15) is 4.79 Å². The lowest BCUT2D eigenvalue weighted by atomic mass is 9.77. The number of carbonyl (C=O) groups excluding carboxylic acids is 1. The molecule has 0 heterocycles. The molecule has 1 aliphatic carbocycles. The van der Waals surface area contributed by atoms with Crippen LogP contribution >= 0.6 is 0 Å². The van der Waals surface area contributed by atoms with E-state index in [1.165, 1.54) is 0 Å². The molecule has 0 aromatic heterocycles. The van der Waals surface area contributed by atoms with E-state index in [1.54, 1.807) is 0 Å². The van der Waals surface area contributed by atoms with Gasteiger partial charge in [0.2, 0.25) is 5.91 Å². The van der Waals surface area contributed by atoms with Gasteiger partial charge in [-0.05, 0) is 49.9 Å². The number of carbonyl (C=O) groups is 1. The molecule has 3 heteroatoms. The zero-order valence-corrected chi connectivity index (χ0v) is 14.8. The standard InChI is InChI=1S/C18H36N2O/c1-13(2)8-10-20(11-9-14(3)4)18(21)17-7-6-16(19)12-15(17)5/h13-17H,6-12,19H2,1-5H3. The molecule has 1 aliphatic rings. The van der Waals surface area contributed by atoms with Gasteiger partial charge < -0.3 is 10.6 Å². The lowest BCUT2D eigenvalue weighted by Gasteiger charge is -2.36. The van der Waals surface area contributed by atoms with Crippen LogP contribution in [0.5, 0.6) is 0 Å². The minimum absolute atomic E-state index is 0.198. The van der Waals surface area contributed by atoms with Crippen LogP contribution in [0.1, 0.15) is 66.7 Å². The molecule has 0 aliphatic heterocycles. The van der Waals surface area contributed by atoms with Gasteiger partial charge in [0.25, 0.3) is 0 Å². The van der Waals surface area contributed by atoms with Crippen molar-refractivity contribution in [2.45, 2.75) is 72.8 Å². The summed E-state index contributed by atoms with van der Waals surface area (Å²) in [6.45, 7) is 12.9. The van der Waals surface area contributed by atoms with Gasteiger partial charge in [-0.25, -0.2) is 0 Å². The highest BCUT2D eigenvalue weighted by molar-refractivity contribution is 5.79. The molecule has 3 unspecified atom stereocenters. The number of hydrogen-bond acceptors (Lipinski definition) is 2. The summed E-state index contributed by atoms with van der Waals surface area (Å²) in [5.41, 5.74) is 6.04. The fourth-order valence-corrected chi connectivity index (χ4v) is 3.20. The number of nitrogens with two attached hydrogens (primary N) is 1. The van der Waals surface area contributed by atoms with Gasteiger partial charge in [0.05, 0.1) is 0 Å². The largest absolute Gasteiger partial charge is 0.342 e. The summed E-state index contributed by atoms with van der Waals surface area (Å²) >= 11 is 0. The van der Waals surface area contributed by atoms with Gasteiger partial charge in [-0.2, -0.15) is 0 Å². The summed E-state index contributed by atoms with van der Waals surface area (Å²) in [6, 6.07) is 0.295. The predicted octanol–water partition coefficient (Wildman–Crippen LogP) is 3.67. The summed E-state index contributed by atoms with van der Waals surface area (Å²) in [5.74, 6) is 2.31. The molecule has 124 valence electrons. The molecule has 1 saturated carbocycles. The molecule has 0 aromatic carbocycles. The third-order valence-electron chi connectivity index (χ3n) is 4.79. The highest BCUT2D eigenvalue weighted by Crippen LogP contribution is 2.31. The summed E-state index contributed by atoms with van der Waals surface area (Å²) < 4.78 is 0. The molecule has 3 atom stereocenters. The number of rotatable bonds is 7. The molecule has 1 amide bonds. The molecule has 1 rings (SSSR count). The van der Waals surface area contributed by atoms with Crippen molar-refractivity contribution in [1.82, 2.24) is 4.90 Å². The van der Waals surface area contributed by atoms with Crippen molar-refractivity contribution in [3.63, 3.8) is 0 Å². The molecule has 0 aromatic rings. The highest BCUT2D eigenvalue weighted by Gasteiger charge is 2.33. The van der Waals surface area contributed by atoms with Crippen LogP contribution in [0.25, 0.3) is 0 Å². The Bertz CT molecular complexity index is 302. The lowest BCUT2D eigenvalue weighted by molar-refractivity contribution is -0.138. The van der Waals surface area contributed by atoms with Crippen molar-refractivity contribution >= 4 is 5.91 Å². The Balaban J connectivity index is 2.64. The van der Waals surface area contributed by atoms with Gasteiger partial charge in [-0.1, -0.05) is 34.6 Å². The van der Waals surface area contributed by atoms with Crippen molar-refractivity contribution < 1.29 is 4.79 Å². The van der Waals surface area contributed by atoms with Crippen LogP contribution < -0.4 is 5.73 Å². The van der Waals surface area contributed by atoms with Crippen LogP contribution in [-0.4, -0.2) is 29.9 Å². The second-order valence-corrected chi connectivity index (χ2v) is 7.85. The SMILES string of the molecule is CC(C)CCN(CCC(C)C)C(=O)C1CCC(N)CC1C. The predicted molar refractivity (Wildman–Crippen MR) is 90.0 cm³/mol. The van der Waals surface area contributed by atoms with E-state index in [4.69, 9.17) is 5.73 Å². The van der Waals surface area contributed by atoms with Crippen LogP contribution in [0.3, 0.4) is 0 Å². The molecule has 0 spiro atoms. The van der Waals surface area contributed by atoms with Crippen LogP contribution in [0.4, 0.5) is 0 Å². The normalized spacial score (nSPS) is 26.4. The van der Waals surface area contributed by atoms with Crippen molar-refractivity contribution in [3.05, 3.63) is 0 Å². The van der Waals surface area contributed by atoms with Crippen molar-refractivity contribution in [2.75, 3.05) is 13.1 Å². The molecule has 0 radical (unpaired) electrons. The van der Waals surface area contributed by atoms with Gasteiger partial charge in [-0.15, -0.1) is 0 Å². The highest BCUT2D eigenvalue weighted by atomic mass is 16.2. The Morgan fingerprint density at radius 3 is 2.05 bits per heavy atom. The zero-order chi connectivity index (χ0) is 16.0. The lowest BCUT2D eigenvalue weighted by Crippen LogP contribution is -2.44. The first-order valence-electron chi connectivity index (χ1n) is 8.85. The van der Waals surface area contributed by atoms with E-state index in [0.29, 0.717) is 29.7 Å². The van der Waals surface area contributed by atoms with E-state index >= 15 is 0 Å². The van der Waals surface area contributed by atoms with Gasteiger partial charge >= 0.3 is 0 Å². The second-order valence-electron chi connectivity index (χ2n) is 7.85. The second kappa shape index (κ2) is 8.77. The smallest absolute Gasteiger partial charge is 0.225 e. The van der Waals surface area contributed by atoms with E-state index in [2.05, 4.69) is 39.5 Å². The Hall–Kier alpha value is -0.570. The van der Waals surface area contributed by atoms with Crippen LogP contribution in [0.2, 0.25) is 0 Å². The van der Waals surface area contributed by atoms with Crippen molar-refractivity contribution in [3.8, 4) is 0 Å². The summed E-state index contributed by atoms with van der Waals surface area (Å²) in [5, 5.41) is 0. The number of nitrogens with zero attached hydrogens (tertiary/aromatic N) is 1. The monoisotopic (exact) mass is 296 g/mol. The molecular formula is C18H36N2O. The molecule has 2 N–H and O–H groups in total. The summed E-state index contributed by atoms with van der Waals surface area (Å²) in [4.78, 5) is 15.1. The molecule has 1 fully saturated rings. The van der Waals surface area contributed by atoms with E-state index in [1.807, 2.05) is 0 Å². The Morgan fingerprint density at radius 2 is 1.62 bits per heavy atom. The Labute approximate surface area is 131 Å². The summed E-state index contributed by atoms with van der Waals surface area (Å²) in [6.07, 6.45) is 5.18. The maximum atomic E-state index is 12.9. The molecule has 21 heavy (non-hydrogen) atoms. The Morgan fingerprint density at radius 1 is 1.10 bits per heavy atom.